The minimum absolute atomic E-state index is 0.0750. The van der Waals surface area contributed by atoms with Gasteiger partial charge in [0.25, 0.3) is 5.91 Å². The topological polar surface area (TPSA) is 145 Å². The summed E-state index contributed by atoms with van der Waals surface area (Å²) in [4.78, 5) is 60.9. The summed E-state index contributed by atoms with van der Waals surface area (Å²) in [7, 11) is 0. The SMILES string of the molecule is CC(C)(C)[C@H](NC(=O)C1(Cl)CC1)C(=O)N1CC2CC[C@@H](F)C[C@@H]2[C@H]1C(=O)N1C[C@@]2(C[C@H]1C#N)Oc1cccnc1NC2=O. The van der Waals surface area contributed by atoms with Crippen molar-refractivity contribution >= 4 is 41.0 Å². The molecular weight excluding hydrogens is 579 g/mol. The van der Waals surface area contributed by atoms with Crippen molar-refractivity contribution < 1.29 is 28.3 Å². The van der Waals surface area contributed by atoms with Crippen molar-refractivity contribution in [3.8, 4) is 11.8 Å². The van der Waals surface area contributed by atoms with E-state index in [2.05, 4.69) is 21.7 Å². The zero-order valence-electron chi connectivity index (χ0n) is 24.4. The predicted octanol–water partition coefficient (Wildman–Crippen LogP) is 2.54. The fraction of sp³-hybridized carbons (Fsp3) is 0.667. The number of aromatic nitrogens is 1. The quantitative estimate of drug-likeness (QED) is 0.496. The number of halogens is 2. The molecule has 11 nitrogen and oxygen atoms in total. The average molecular weight is 615 g/mol. The van der Waals surface area contributed by atoms with Gasteiger partial charge in [-0.1, -0.05) is 20.8 Å². The molecule has 13 heteroatoms. The van der Waals surface area contributed by atoms with E-state index in [0.29, 0.717) is 31.4 Å². The van der Waals surface area contributed by atoms with Crippen LogP contribution in [0, 0.1) is 28.6 Å². The monoisotopic (exact) mass is 614 g/mol. The number of carbonyl (C=O) groups excluding carboxylic acids is 4. The van der Waals surface area contributed by atoms with E-state index < -0.39 is 69.7 Å². The first-order valence-corrected chi connectivity index (χ1v) is 15.2. The summed E-state index contributed by atoms with van der Waals surface area (Å²) in [6.45, 7) is 5.48. The van der Waals surface area contributed by atoms with E-state index in [-0.39, 0.29) is 37.7 Å². The summed E-state index contributed by atoms with van der Waals surface area (Å²) in [5, 5.41) is 15.7. The first-order valence-electron chi connectivity index (χ1n) is 14.9. The second kappa shape index (κ2) is 10.3. The number of nitriles is 1. The molecule has 2 aliphatic carbocycles. The molecule has 4 fully saturated rings. The van der Waals surface area contributed by atoms with Crippen molar-refractivity contribution in [2.24, 2.45) is 17.3 Å². The summed E-state index contributed by atoms with van der Waals surface area (Å²) in [6, 6.07) is 2.38. The third-order valence-corrected chi connectivity index (χ3v) is 10.2. The molecular formula is C30H36ClFN6O5. The highest BCUT2D eigenvalue weighted by Crippen LogP contribution is 2.46. The molecule has 4 heterocycles. The Morgan fingerprint density at radius 2 is 2.02 bits per heavy atom. The Morgan fingerprint density at radius 3 is 2.70 bits per heavy atom. The number of alkyl halides is 2. The Labute approximate surface area is 254 Å². The number of anilines is 1. The zero-order valence-corrected chi connectivity index (χ0v) is 25.2. The van der Waals surface area contributed by atoms with E-state index in [0.717, 1.165) is 0 Å². The highest BCUT2D eigenvalue weighted by Gasteiger charge is 2.60. The number of nitrogens with one attached hydrogen (secondary N) is 2. The highest BCUT2D eigenvalue weighted by molar-refractivity contribution is 6.37. The van der Waals surface area contributed by atoms with Crippen LogP contribution in [0.15, 0.2) is 18.3 Å². The van der Waals surface area contributed by atoms with Gasteiger partial charge in [0.15, 0.2) is 11.6 Å². The lowest BCUT2D eigenvalue weighted by Gasteiger charge is -2.38. The molecule has 5 aliphatic rings. The van der Waals surface area contributed by atoms with E-state index in [9.17, 15) is 28.8 Å². The largest absolute Gasteiger partial charge is 0.472 e. The van der Waals surface area contributed by atoms with Crippen molar-refractivity contribution in [1.82, 2.24) is 20.1 Å². The molecule has 2 N–H and O–H groups in total. The third kappa shape index (κ3) is 5.09. The van der Waals surface area contributed by atoms with Crippen molar-refractivity contribution in [3.63, 3.8) is 0 Å². The smallest absolute Gasteiger partial charge is 0.271 e. The summed E-state index contributed by atoms with van der Waals surface area (Å²) in [6.07, 6.45) is 2.30. The van der Waals surface area contributed by atoms with Crippen LogP contribution in [0.5, 0.6) is 5.75 Å². The number of pyridine rings is 1. The average Bonchev–Trinajstić information content (AvgIpc) is 3.44. The molecule has 43 heavy (non-hydrogen) atoms. The molecule has 3 aliphatic heterocycles. The normalized spacial score (nSPS) is 33.0. The second-order valence-corrected chi connectivity index (χ2v) is 14.4. The lowest BCUT2D eigenvalue weighted by atomic mass is 9.77. The van der Waals surface area contributed by atoms with Gasteiger partial charge in [0.05, 0.1) is 12.6 Å². The number of rotatable bonds is 4. The second-order valence-electron chi connectivity index (χ2n) is 13.7. The molecule has 0 bridgehead atoms. The number of likely N-dealkylation sites (tertiary alicyclic amines) is 2. The van der Waals surface area contributed by atoms with Crippen LogP contribution >= 0.6 is 11.6 Å². The van der Waals surface area contributed by atoms with E-state index >= 15 is 0 Å². The Bertz CT molecular complexity index is 1410. The lowest BCUT2D eigenvalue weighted by Crippen LogP contribution is -2.60. The molecule has 4 amide bonds. The van der Waals surface area contributed by atoms with Gasteiger partial charge in [-0.05, 0) is 61.5 Å². The van der Waals surface area contributed by atoms with Crippen LogP contribution in [-0.4, -0.2) is 86.3 Å². The van der Waals surface area contributed by atoms with Gasteiger partial charge in [0.1, 0.15) is 29.2 Å². The molecule has 2 saturated carbocycles. The van der Waals surface area contributed by atoms with Gasteiger partial charge in [-0.2, -0.15) is 5.26 Å². The summed E-state index contributed by atoms with van der Waals surface area (Å²) in [5.41, 5.74) is -2.24. The van der Waals surface area contributed by atoms with Crippen LogP contribution in [0.2, 0.25) is 0 Å². The number of hydrogen-bond donors (Lipinski definition) is 2. The van der Waals surface area contributed by atoms with Gasteiger partial charge in [0.2, 0.25) is 23.3 Å². The third-order valence-electron chi connectivity index (χ3n) is 9.66. The Morgan fingerprint density at radius 1 is 1.28 bits per heavy atom. The maximum absolute atomic E-state index is 14.8. The van der Waals surface area contributed by atoms with Gasteiger partial charge in [-0.25, -0.2) is 9.37 Å². The Hall–Kier alpha value is -3.46. The maximum Gasteiger partial charge on any atom is 0.271 e. The first kappa shape index (κ1) is 29.6. The van der Waals surface area contributed by atoms with E-state index in [1.165, 1.54) is 16.0 Å². The van der Waals surface area contributed by atoms with Crippen molar-refractivity contribution in [2.45, 2.75) is 94.1 Å². The minimum atomic E-state index is -1.52. The van der Waals surface area contributed by atoms with Crippen LogP contribution < -0.4 is 15.4 Å². The standard InChI is InChI=1S/C30H36ClFN6O5/c1-28(2,3)22(35-26(41)29(31)8-9-29)25(40)37-14-16-6-7-17(32)11-19(16)21(37)24(39)38-15-30(12-18(38)13-33)27(42)36-23-20(43-30)5-4-10-34-23/h4-5,10,16-19,21-22H,6-9,11-12,14-15H2,1-3H3,(H,35,41)(H,34,36,42)/t16?,17-,18+,19+,21+,22-,30-/m1/s1. The number of carbonyl (C=O) groups is 4. The van der Waals surface area contributed by atoms with Crippen LogP contribution in [-0.2, 0) is 19.2 Å². The summed E-state index contributed by atoms with van der Waals surface area (Å²) >= 11 is 6.36. The van der Waals surface area contributed by atoms with Gasteiger partial charge in [-0.15, -0.1) is 11.6 Å². The predicted molar refractivity (Wildman–Crippen MR) is 152 cm³/mol. The first-order chi connectivity index (χ1) is 20.3. The molecule has 6 rings (SSSR count). The van der Waals surface area contributed by atoms with Gasteiger partial charge < -0.3 is 25.2 Å². The fourth-order valence-electron chi connectivity index (χ4n) is 7.05. The lowest BCUT2D eigenvalue weighted by molar-refractivity contribution is -0.149. The summed E-state index contributed by atoms with van der Waals surface area (Å²) < 4.78 is 20.9. The number of nitrogens with zero attached hydrogens (tertiary/aromatic N) is 4. The van der Waals surface area contributed by atoms with E-state index in [1.54, 1.807) is 12.1 Å². The van der Waals surface area contributed by atoms with Crippen LogP contribution in [0.25, 0.3) is 0 Å². The van der Waals surface area contributed by atoms with E-state index in [1.807, 2.05) is 20.8 Å². The molecule has 230 valence electrons. The molecule has 2 saturated heterocycles. The highest BCUT2D eigenvalue weighted by atomic mass is 35.5. The zero-order chi connectivity index (χ0) is 30.9. The molecule has 1 aromatic rings. The Balaban J connectivity index is 1.31. The molecule has 1 spiro atoms. The number of hydrogen-bond acceptors (Lipinski definition) is 7. The maximum atomic E-state index is 14.8. The molecule has 7 atom stereocenters. The van der Waals surface area contributed by atoms with Crippen LogP contribution in [0.3, 0.4) is 0 Å². The van der Waals surface area contributed by atoms with Crippen molar-refractivity contribution in [1.29, 1.82) is 5.26 Å². The minimum Gasteiger partial charge on any atom is -0.472 e. The van der Waals surface area contributed by atoms with Crippen LogP contribution in [0.1, 0.15) is 59.3 Å². The Kier molecular flexibility index (Phi) is 7.11. The van der Waals surface area contributed by atoms with Crippen molar-refractivity contribution in [3.05, 3.63) is 18.3 Å². The molecule has 1 unspecified atom stereocenters. The van der Waals surface area contributed by atoms with Crippen LogP contribution in [0.4, 0.5) is 10.2 Å². The number of ether oxygens (including phenoxy) is 1. The van der Waals surface area contributed by atoms with E-state index in [4.69, 9.17) is 16.3 Å². The molecule has 0 aromatic carbocycles. The van der Waals surface area contributed by atoms with Gasteiger partial charge in [-0.3, -0.25) is 19.2 Å². The fourth-order valence-corrected chi connectivity index (χ4v) is 7.20. The number of fused-ring (bicyclic) bond motifs is 2. The number of amides is 4. The molecule has 1 aromatic heterocycles. The van der Waals surface area contributed by atoms with Gasteiger partial charge in [0, 0.05) is 19.2 Å². The van der Waals surface area contributed by atoms with Crippen molar-refractivity contribution in [2.75, 3.05) is 18.4 Å². The van der Waals surface area contributed by atoms with Gasteiger partial charge >= 0.3 is 0 Å². The molecule has 0 radical (unpaired) electrons. The summed E-state index contributed by atoms with van der Waals surface area (Å²) in [5.74, 6) is -1.92.